The second kappa shape index (κ2) is 6.79. The van der Waals surface area contributed by atoms with E-state index in [0.29, 0.717) is 0 Å². The van der Waals surface area contributed by atoms with Crippen LogP contribution in [0.5, 0.6) is 5.75 Å². The standard InChI is InChI=1S/C13H10.C7H5F3O/c1-3-7-12-10(5-1)9-11-6-2-4-8-13(11)12;8-7(9,10)11-6-4-2-1-3-5-6/h1-8H,9H2;1-5H. The van der Waals surface area contributed by atoms with Crippen molar-refractivity contribution in [2.75, 3.05) is 0 Å². The van der Waals surface area contributed by atoms with E-state index in [9.17, 15) is 13.2 Å². The molecule has 0 N–H and O–H groups in total. The van der Waals surface area contributed by atoms with Gasteiger partial charge in [-0.1, -0.05) is 66.7 Å². The van der Waals surface area contributed by atoms with Gasteiger partial charge < -0.3 is 4.74 Å². The molecule has 1 aliphatic rings. The number of hydrogen-bond acceptors (Lipinski definition) is 1. The summed E-state index contributed by atoms with van der Waals surface area (Å²) in [5.74, 6) is -0.194. The fourth-order valence-electron chi connectivity index (χ4n) is 2.70. The smallest absolute Gasteiger partial charge is 0.406 e. The van der Waals surface area contributed by atoms with Crippen molar-refractivity contribution in [3.05, 3.63) is 90.0 Å². The third-order valence-corrected chi connectivity index (χ3v) is 3.68. The normalized spacial score (nSPS) is 11.8. The summed E-state index contributed by atoms with van der Waals surface area (Å²) in [4.78, 5) is 0. The van der Waals surface area contributed by atoms with Crippen molar-refractivity contribution in [2.45, 2.75) is 12.8 Å². The van der Waals surface area contributed by atoms with Gasteiger partial charge in [0.2, 0.25) is 0 Å². The van der Waals surface area contributed by atoms with Crippen molar-refractivity contribution >= 4 is 0 Å². The molecule has 0 amide bonds. The lowest BCUT2D eigenvalue weighted by Crippen LogP contribution is -2.16. The van der Waals surface area contributed by atoms with Crippen LogP contribution in [0.4, 0.5) is 13.2 Å². The zero-order chi connectivity index (χ0) is 17.0. The predicted molar refractivity (Wildman–Crippen MR) is 87.8 cm³/mol. The summed E-state index contributed by atoms with van der Waals surface area (Å²) in [5, 5.41) is 0. The van der Waals surface area contributed by atoms with E-state index in [2.05, 4.69) is 53.3 Å². The van der Waals surface area contributed by atoms with Gasteiger partial charge in [-0.15, -0.1) is 13.2 Å². The van der Waals surface area contributed by atoms with E-state index in [1.54, 1.807) is 6.07 Å². The van der Waals surface area contributed by atoms with Crippen molar-refractivity contribution in [3.8, 4) is 16.9 Å². The number of fused-ring (bicyclic) bond motifs is 3. The fourth-order valence-corrected chi connectivity index (χ4v) is 2.70. The first-order chi connectivity index (χ1) is 11.5. The maximum Gasteiger partial charge on any atom is 0.573 e. The van der Waals surface area contributed by atoms with Crippen LogP contribution in [0, 0.1) is 0 Å². The van der Waals surface area contributed by atoms with Crippen molar-refractivity contribution in [2.24, 2.45) is 0 Å². The molecule has 0 atom stereocenters. The molecular formula is C20H15F3O. The molecule has 0 spiro atoms. The zero-order valence-corrected chi connectivity index (χ0v) is 12.8. The van der Waals surface area contributed by atoms with E-state index in [1.165, 1.54) is 46.5 Å². The van der Waals surface area contributed by atoms with Crippen LogP contribution in [0.1, 0.15) is 11.1 Å². The average molecular weight is 328 g/mol. The Balaban J connectivity index is 0.000000144. The summed E-state index contributed by atoms with van der Waals surface area (Å²) in [6.07, 6.45) is -3.49. The summed E-state index contributed by atoms with van der Waals surface area (Å²) in [6, 6.07) is 24.4. The molecule has 0 fully saturated rings. The second-order valence-corrected chi connectivity index (χ2v) is 5.35. The molecule has 24 heavy (non-hydrogen) atoms. The van der Waals surface area contributed by atoms with E-state index >= 15 is 0 Å². The molecule has 1 nitrogen and oxygen atoms in total. The third-order valence-electron chi connectivity index (χ3n) is 3.68. The number of alkyl halides is 3. The number of para-hydroxylation sites is 1. The van der Waals surface area contributed by atoms with Crippen LogP contribution in [0.25, 0.3) is 11.1 Å². The van der Waals surface area contributed by atoms with Gasteiger partial charge in [-0.05, 0) is 40.8 Å². The van der Waals surface area contributed by atoms with Crippen LogP contribution >= 0.6 is 0 Å². The molecule has 3 aromatic rings. The largest absolute Gasteiger partial charge is 0.573 e. The highest BCUT2D eigenvalue weighted by Crippen LogP contribution is 2.35. The Morgan fingerprint density at radius 1 is 0.625 bits per heavy atom. The molecule has 0 bridgehead atoms. The minimum absolute atomic E-state index is 0.194. The lowest BCUT2D eigenvalue weighted by Gasteiger charge is -2.07. The van der Waals surface area contributed by atoms with Crippen LogP contribution < -0.4 is 4.74 Å². The molecule has 122 valence electrons. The quantitative estimate of drug-likeness (QED) is 0.426. The van der Waals surface area contributed by atoms with Gasteiger partial charge in [0.25, 0.3) is 0 Å². The van der Waals surface area contributed by atoms with Crippen molar-refractivity contribution in [1.82, 2.24) is 0 Å². The summed E-state index contributed by atoms with van der Waals surface area (Å²) >= 11 is 0. The van der Waals surface area contributed by atoms with Gasteiger partial charge in [0, 0.05) is 0 Å². The summed E-state index contributed by atoms with van der Waals surface area (Å²) in [5.41, 5.74) is 5.75. The molecule has 4 rings (SSSR count). The average Bonchev–Trinajstić information content (AvgIpc) is 2.93. The first-order valence-corrected chi connectivity index (χ1v) is 7.50. The van der Waals surface area contributed by atoms with Crippen LogP contribution in [0.15, 0.2) is 78.9 Å². The van der Waals surface area contributed by atoms with Crippen molar-refractivity contribution < 1.29 is 17.9 Å². The Morgan fingerprint density at radius 3 is 1.58 bits per heavy atom. The maximum absolute atomic E-state index is 11.5. The first kappa shape index (κ1) is 16.1. The highest BCUT2D eigenvalue weighted by molar-refractivity contribution is 5.76. The maximum atomic E-state index is 11.5. The van der Waals surface area contributed by atoms with Gasteiger partial charge in [0.15, 0.2) is 0 Å². The van der Waals surface area contributed by atoms with E-state index in [-0.39, 0.29) is 5.75 Å². The molecule has 1 aliphatic carbocycles. The Hall–Kier alpha value is -2.75. The highest BCUT2D eigenvalue weighted by atomic mass is 19.4. The fraction of sp³-hybridized carbons (Fsp3) is 0.100. The van der Waals surface area contributed by atoms with Crippen molar-refractivity contribution in [1.29, 1.82) is 0 Å². The Kier molecular flexibility index (Phi) is 4.56. The molecule has 0 unspecified atom stereocenters. The third kappa shape index (κ3) is 3.96. The van der Waals surface area contributed by atoms with Gasteiger partial charge in [0.1, 0.15) is 5.75 Å². The van der Waals surface area contributed by atoms with Crippen LogP contribution in [-0.4, -0.2) is 6.36 Å². The molecule has 0 saturated carbocycles. The minimum atomic E-state index is -4.60. The van der Waals surface area contributed by atoms with Gasteiger partial charge in [-0.25, -0.2) is 0 Å². The second-order valence-electron chi connectivity index (χ2n) is 5.35. The lowest BCUT2D eigenvalue weighted by molar-refractivity contribution is -0.274. The molecule has 0 aliphatic heterocycles. The van der Waals surface area contributed by atoms with E-state index in [4.69, 9.17) is 0 Å². The summed E-state index contributed by atoms with van der Waals surface area (Å²) in [6.45, 7) is 0. The monoisotopic (exact) mass is 328 g/mol. The Bertz CT molecular complexity index is 767. The number of ether oxygens (including phenoxy) is 1. The van der Waals surface area contributed by atoms with E-state index < -0.39 is 6.36 Å². The SMILES string of the molecule is FC(F)(F)Oc1ccccc1.c1ccc2c(c1)Cc1ccccc1-2. The predicted octanol–water partition coefficient (Wildman–Crippen LogP) is 5.84. The molecule has 0 aromatic heterocycles. The number of benzene rings is 3. The van der Waals surface area contributed by atoms with Crippen LogP contribution in [0.2, 0.25) is 0 Å². The lowest BCUT2D eigenvalue weighted by atomic mass is 10.1. The Labute approximate surface area is 138 Å². The van der Waals surface area contributed by atoms with E-state index in [0.717, 1.165) is 6.42 Å². The molecule has 0 saturated heterocycles. The summed E-state index contributed by atoms with van der Waals surface area (Å²) < 4.78 is 38.2. The van der Waals surface area contributed by atoms with Crippen LogP contribution in [-0.2, 0) is 6.42 Å². The zero-order valence-electron chi connectivity index (χ0n) is 12.8. The molecular weight excluding hydrogens is 313 g/mol. The highest BCUT2D eigenvalue weighted by Gasteiger charge is 2.30. The van der Waals surface area contributed by atoms with Crippen molar-refractivity contribution in [3.63, 3.8) is 0 Å². The van der Waals surface area contributed by atoms with Gasteiger partial charge in [-0.3, -0.25) is 0 Å². The molecule has 4 heteroatoms. The van der Waals surface area contributed by atoms with Crippen LogP contribution in [0.3, 0.4) is 0 Å². The van der Waals surface area contributed by atoms with E-state index in [1.807, 2.05) is 0 Å². The Morgan fingerprint density at radius 2 is 1.08 bits per heavy atom. The van der Waals surface area contributed by atoms with Gasteiger partial charge in [0.05, 0.1) is 0 Å². The van der Waals surface area contributed by atoms with Gasteiger partial charge in [-0.2, -0.15) is 0 Å². The number of hydrogen-bond donors (Lipinski definition) is 0. The number of rotatable bonds is 1. The topological polar surface area (TPSA) is 9.23 Å². The van der Waals surface area contributed by atoms with Gasteiger partial charge >= 0.3 is 6.36 Å². The molecule has 3 aromatic carbocycles. The molecule has 0 heterocycles. The minimum Gasteiger partial charge on any atom is -0.406 e. The summed E-state index contributed by atoms with van der Waals surface area (Å²) in [7, 11) is 0. The first-order valence-electron chi connectivity index (χ1n) is 7.50. The molecule has 0 radical (unpaired) electrons. The number of halogens is 3.